The number of ether oxygens (including phenoxy) is 3. The highest BCUT2D eigenvalue weighted by Crippen LogP contribution is 2.29. The van der Waals surface area contributed by atoms with Gasteiger partial charge in [0.15, 0.2) is 6.10 Å². The summed E-state index contributed by atoms with van der Waals surface area (Å²) in [6.07, 6.45) is 11.5. The van der Waals surface area contributed by atoms with E-state index < -0.39 is 6.10 Å². The maximum atomic E-state index is 12.2. The van der Waals surface area contributed by atoms with Gasteiger partial charge in [0.2, 0.25) is 0 Å². The second-order valence-electron chi connectivity index (χ2n) is 7.14. The molecule has 26 heavy (non-hydrogen) atoms. The van der Waals surface area contributed by atoms with Crippen LogP contribution >= 0.6 is 0 Å². The van der Waals surface area contributed by atoms with E-state index >= 15 is 0 Å². The minimum absolute atomic E-state index is 0.161. The van der Waals surface area contributed by atoms with Gasteiger partial charge < -0.3 is 14.2 Å². The van der Waals surface area contributed by atoms with Crippen molar-refractivity contribution in [1.29, 1.82) is 0 Å². The van der Waals surface area contributed by atoms with Crippen molar-refractivity contribution in [2.24, 2.45) is 5.92 Å². The number of carbonyl (C=O) groups is 1. The molecule has 5 nitrogen and oxygen atoms in total. The Hall–Kier alpha value is -1.43. The lowest BCUT2D eigenvalue weighted by Crippen LogP contribution is -2.53. The van der Waals surface area contributed by atoms with Gasteiger partial charge in [0.25, 0.3) is 0 Å². The van der Waals surface area contributed by atoms with Gasteiger partial charge in [-0.05, 0) is 33.0 Å². The zero-order valence-corrected chi connectivity index (χ0v) is 17.1. The van der Waals surface area contributed by atoms with Crippen LogP contribution in [-0.2, 0) is 19.0 Å². The zero-order chi connectivity index (χ0) is 19.5. The van der Waals surface area contributed by atoms with E-state index in [0.717, 1.165) is 18.4 Å². The van der Waals surface area contributed by atoms with Crippen molar-refractivity contribution in [2.45, 2.75) is 51.9 Å². The highest BCUT2D eigenvalue weighted by molar-refractivity contribution is 5.72. The summed E-state index contributed by atoms with van der Waals surface area (Å²) >= 11 is 0. The summed E-state index contributed by atoms with van der Waals surface area (Å²) in [5, 5.41) is 0. The molecule has 0 bridgehead atoms. The molecule has 1 rings (SSSR count). The minimum Gasteiger partial charge on any atom is -0.455 e. The first-order valence-corrected chi connectivity index (χ1v) is 9.39. The Balaban J connectivity index is 2.87. The molecule has 148 valence electrons. The van der Waals surface area contributed by atoms with Gasteiger partial charge in [0, 0.05) is 13.0 Å². The Morgan fingerprint density at radius 3 is 2.58 bits per heavy atom. The monoisotopic (exact) mass is 365 g/mol. The van der Waals surface area contributed by atoms with Crippen LogP contribution in [0.25, 0.3) is 0 Å². The van der Waals surface area contributed by atoms with Crippen molar-refractivity contribution in [3.8, 4) is 0 Å². The quantitative estimate of drug-likeness (QED) is 0.463. The lowest BCUT2D eigenvalue weighted by atomic mass is 9.90. The predicted molar refractivity (Wildman–Crippen MR) is 105 cm³/mol. The van der Waals surface area contributed by atoms with Gasteiger partial charge in [-0.1, -0.05) is 50.6 Å². The number of rotatable bonds is 9. The summed E-state index contributed by atoms with van der Waals surface area (Å²) < 4.78 is 17.4. The van der Waals surface area contributed by atoms with Crippen molar-refractivity contribution < 1.29 is 19.0 Å². The molecule has 0 aliphatic carbocycles. The molecule has 1 saturated heterocycles. The fourth-order valence-corrected chi connectivity index (χ4v) is 2.98. The number of likely N-dealkylation sites (N-methyl/N-ethyl adjacent to an activating group) is 1. The molecule has 0 aromatic rings. The van der Waals surface area contributed by atoms with E-state index in [1.807, 2.05) is 45.3 Å². The molecule has 1 aliphatic heterocycles. The van der Waals surface area contributed by atoms with E-state index in [4.69, 9.17) is 14.2 Å². The number of carbonyl (C=O) groups excluding carboxylic acids is 1. The largest absolute Gasteiger partial charge is 0.455 e. The summed E-state index contributed by atoms with van der Waals surface area (Å²) in [7, 11) is 5.34. The third kappa shape index (κ3) is 7.44. The SMILES string of the molecule is CCCC=CC=CC=C(C)C1OCC(C)C(OC)C1OC(=O)CN(C)C. The number of methoxy groups -OCH3 is 1. The van der Waals surface area contributed by atoms with E-state index in [2.05, 4.69) is 19.9 Å². The number of nitrogens with zero attached hydrogens (tertiary/aromatic N) is 1. The van der Waals surface area contributed by atoms with Crippen LogP contribution in [-0.4, -0.2) is 63.5 Å². The van der Waals surface area contributed by atoms with Gasteiger partial charge in [0.05, 0.1) is 13.2 Å². The Morgan fingerprint density at radius 2 is 1.96 bits per heavy atom. The van der Waals surface area contributed by atoms with E-state index in [0.29, 0.717) is 6.61 Å². The van der Waals surface area contributed by atoms with Crippen molar-refractivity contribution in [1.82, 2.24) is 4.90 Å². The van der Waals surface area contributed by atoms with E-state index in [9.17, 15) is 4.79 Å². The summed E-state index contributed by atoms with van der Waals surface area (Å²) in [6, 6.07) is 0. The summed E-state index contributed by atoms with van der Waals surface area (Å²) in [4.78, 5) is 14.0. The summed E-state index contributed by atoms with van der Waals surface area (Å²) in [5.74, 6) is -0.107. The van der Waals surface area contributed by atoms with Gasteiger partial charge >= 0.3 is 5.97 Å². The van der Waals surface area contributed by atoms with Crippen molar-refractivity contribution in [3.63, 3.8) is 0 Å². The molecule has 0 radical (unpaired) electrons. The van der Waals surface area contributed by atoms with Crippen LogP contribution in [0.2, 0.25) is 0 Å². The fraction of sp³-hybridized carbons (Fsp3) is 0.667. The van der Waals surface area contributed by atoms with E-state index in [1.165, 1.54) is 0 Å². The molecular formula is C21H35NO4. The van der Waals surface area contributed by atoms with Gasteiger partial charge in [-0.2, -0.15) is 0 Å². The average molecular weight is 366 g/mol. The van der Waals surface area contributed by atoms with Crippen LogP contribution in [0.3, 0.4) is 0 Å². The van der Waals surface area contributed by atoms with Crippen molar-refractivity contribution in [3.05, 3.63) is 36.0 Å². The Kier molecular flexibility index (Phi) is 10.5. The molecule has 4 atom stereocenters. The molecule has 4 unspecified atom stereocenters. The second kappa shape index (κ2) is 12.0. The van der Waals surface area contributed by atoms with Crippen LogP contribution in [0.1, 0.15) is 33.6 Å². The van der Waals surface area contributed by atoms with Crippen molar-refractivity contribution >= 4 is 5.97 Å². The van der Waals surface area contributed by atoms with Crippen molar-refractivity contribution in [2.75, 3.05) is 34.4 Å². The summed E-state index contributed by atoms with van der Waals surface area (Å²) in [5.41, 5.74) is 1.02. The molecule has 0 N–H and O–H groups in total. The third-order valence-corrected chi connectivity index (χ3v) is 4.33. The number of esters is 1. The standard InChI is InChI=1S/C21H35NO4/c1-7-8-9-10-11-12-13-16(2)20-21(26-18(23)14-22(4)5)19(24-6)17(3)15-25-20/h9-13,17,19-21H,7-8,14-15H2,1-6H3. The highest BCUT2D eigenvalue weighted by Gasteiger charge is 2.42. The lowest BCUT2D eigenvalue weighted by Gasteiger charge is -2.40. The Bertz CT molecular complexity index is 510. The van der Waals surface area contributed by atoms with Gasteiger partial charge in [-0.25, -0.2) is 0 Å². The molecular weight excluding hydrogens is 330 g/mol. The van der Waals surface area contributed by atoms with E-state index in [-0.39, 0.29) is 30.6 Å². The molecule has 0 aromatic carbocycles. The normalized spacial score (nSPS) is 27.6. The fourth-order valence-electron chi connectivity index (χ4n) is 2.98. The molecule has 1 heterocycles. The third-order valence-electron chi connectivity index (χ3n) is 4.33. The maximum Gasteiger partial charge on any atom is 0.320 e. The Morgan fingerprint density at radius 1 is 1.23 bits per heavy atom. The van der Waals surface area contributed by atoms with E-state index in [1.54, 1.807) is 12.0 Å². The molecule has 0 aromatic heterocycles. The topological polar surface area (TPSA) is 48.0 Å². The first-order chi connectivity index (χ1) is 12.4. The number of allylic oxidation sites excluding steroid dienone is 5. The highest BCUT2D eigenvalue weighted by atomic mass is 16.6. The van der Waals surface area contributed by atoms with Crippen LogP contribution in [0.4, 0.5) is 0 Å². The smallest absolute Gasteiger partial charge is 0.320 e. The molecule has 0 spiro atoms. The molecule has 0 saturated carbocycles. The van der Waals surface area contributed by atoms with Crippen LogP contribution in [0.15, 0.2) is 36.0 Å². The van der Waals surface area contributed by atoms with Gasteiger partial charge in [-0.15, -0.1) is 0 Å². The lowest BCUT2D eigenvalue weighted by molar-refractivity contribution is -0.192. The van der Waals surface area contributed by atoms with Gasteiger partial charge in [-0.3, -0.25) is 9.69 Å². The number of unbranched alkanes of at least 4 members (excludes halogenated alkanes) is 1. The second-order valence-corrected chi connectivity index (χ2v) is 7.14. The molecule has 5 heteroatoms. The number of hydrogen-bond donors (Lipinski definition) is 0. The van der Waals surface area contributed by atoms with Crippen LogP contribution < -0.4 is 0 Å². The summed E-state index contributed by atoms with van der Waals surface area (Å²) in [6.45, 7) is 7.02. The predicted octanol–water partition coefficient (Wildman–Crippen LogP) is 3.37. The molecule has 1 fully saturated rings. The minimum atomic E-state index is -0.448. The van der Waals surface area contributed by atoms with Crippen LogP contribution in [0.5, 0.6) is 0 Å². The average Bonchev–Trinajstić information content (AvgIpc) is 2.57. The van der Waals surface area contributed by atoms with Gasteiger partial charge in [0.1, 0.15) is 12.2 Å². The molecule has 1 aliphatic rings. The number of hydrogen-bond acceptors (Lipinski definition) is 5. The molecule has 0 amide bonds. The maximum absolute atomic E-state index is 12.2. The zero-order valence-electron chi connectivity index (χ0n) is 17.1. The first kappa shape index (κ1) is 22.6. The first-order valence-electron chi connectivity index (χ1n) is 9.39. The van der Waals surface area contributed by atoms with Crippen LogP contribution in [0, 0.1) is 5.92 Å². The Labute approximate surface area is 158 Å².